The number of ether oxygens (including phenoxy) is 1. The molecule has 1 heterocycles. The Bertz CT molecular complexity index is 1310. The van der Waals surface area contributed by atoms with E-state index in [4.69, 9.17) is 9.15 Å². The topological polar surface area (TPSA) is 111 Å². The summed E-state index contributed by atoms with van der Waals surface area (Å²) >= 11 is 0. The van der Waals surface area contributed by atoms with Crippen LogP contribution < -0.4 is 4.74 Å². The van der Waals surface area contributed by atoms with Crippen LogP contribution in [-0.2, 0) is 25.4 Å². The highest BCUT2D eigenvalue weighted by molar-refractivity contribution is 7.91. The van der Waals surface area contributed by atoms with Gasteiger partial charge in [0.25, 0.3) is 5.91 Å². The van der Waals surface area contributed by atoms with E-state index in [1.54, 1.807) is 37.4 Å². The number of carbonyl (C=O) groups excluding carboxylic acids is 1. The molecule has 0 N–H and O–H groups in total. The molecule has 0 spiro atoms. The van der Waals surface area contributed by atoms with Gasteiger partial charge in [-0.05, 0) is 42.8 Å². The van der Waals surface area contributed by atoms with Gasteiger partial charge in [0.2, 0.25) is 0 Å². The van der Waals surface area contributed by atoms with Crippen molar-refractivity contribution in [2.45, 2.75) is 22.0 Å². The third-order valence-corrected chi connectivity index (χ3v) is 7.67. The molecule has 0 aliphatic rings. The quantitative estimate of drug-likeness (QED) is 0.401. The van der Waals surface area contributed by atoms with Crippen LogP contribution in [0.3, 0.4) is 0 Å². The van der Waals surface area contributed by atoms with Crippen molar-refractivity contribution in [3.8, 4) is 5.75 Å². The van der Waals surface area contributed by atoms with E-state index in [1.165, 1.54) is 41.5 Å². The molecule has 1 aromatic heterocycles. The predicted molar refractivity (Wildman–Crippen MR) is 123 cm³/mol. The van der Waals surface area contributed by atoms with Gasteiger partial charge in [0.1, 0.15) is 5.75 Å². The fraction of sp³-hybridized carbons (Fsp3) is 0.261. The van der Waals surface area contributed by atoms with Crippen molar-refractivity contribution in [1.29, 1.82) is 0 Å². The SMILES string of the molecule is CN(CCCOc1cccc(S(C)(=O)=O)c1)C(=O)c1occc1CS(=O)(=O)c1ccccc1. The minimum absolute atomic E-state index is 0.0150. The van der Waals surface area contributed by atoms with E-state index in [0.717, 1.165) is 6.26 Å². The molecule has 0 unspecified atom stereocenters. The van der Waals surface area contributed by atoms with Crippen molar-refractivity contribution < 1.29 is 30.8 Å². The lowest BCUT2D eigenvalue weighted by Gasteiger charge is -2.17. The van der Waals surface area contributed by atoms with Crippen LogP contribution >= 0.6 is 0 Å². The van der Waals surface area contributed by atoms with Gasteiger partial charge >= 0.3 is 0 Å². The highest BCUT2D eigenvalue weighted by Crippen LogP contribution is 2.21. The summed E-state index contributed by atoms with van der Waals surface area (Å²) in [5.74, 6) is -0.371. The van der Waals surface area contributed by atoms with Crippen molar-refractivity contribution in [3.05, 3.63) is 78.3 Å². The highest BCUT2D eigenvalue weighted by Gasteiger charge is 2.24. The molecular weight excluding hydrogens is 466 g/mol. The Morgan fingerprint density at radius 1 is 0.970 bits per heavy atom. The van der Waals surface area contributed by atoms with Gasteiger partial charge < -0.3 is 14.1 Å². The average Bonchev–Trinajstić information content (AvgIpc) is 3.23. The zero-order valence-electron chi connectivity index (χ0n) is 18.3. The first kappa shape index (κ1) is 24.5. The van der Waals surface area contributed by atoms with Gasteiger partial charge in [-0.15, -0.1) is 0 Å². The molecule has 10 heteroatoms. The lowest BCUT2D eigenvalue weighted by Crippen LogP contribution is -2.29. The van der Waals surface area contributed by atoms with Crippen molar-refractivity contribution in [2.24, 2.45) is 0 Å². The molecular formula is C23H25NO7S2. The molecule has 0 saturated carbocycles. The van der Waals surface area contributed by atoms with E-state index in [2.05, 4.69) is 0 Å². The number of hydrogen-bond donors (Lipinski definition) is 0. The Kier molecular flexibility index (Phi) is 7.60. The minimum Gasteiger partial charge on any atom is -0.493 e. The predicted octanol–water partition coefficient (Wildman–Crippen LogP) is 3.20. The third-order valence-electron chi connectivity index (χ3n) is 4.88. The summed E-state index contributed by atoms with van der Waals surface area (Å²) in [6, 6.07) is 15.7. The monoisotopic (exact) mass is 491 g/mol. The maximum Gasteiger partial charge on any atom is 0.289 e. The van der Waals surface area contributed by atoms with E-state index < -0.39 is 25.6 Å². The first-order chi connectivity index (χ1) is 15.6. The Hall–Kier alpha value is -3.11. The highest BCUT2D eigenvalue weighted by atomic mass is 32.2. The first-order valence-corrected chi connectivity index (χ1v) is 13.6. The van der Waals surface area contributed by atoms with E-state index in [0.29, 0.717) is 24.3 Å². The molecule has 0 aliphatic carbocycles. The van der Waals surface area contributed by atoms with E-state index in [1.807, 2.05) is 0 Å². The first-order valence-electron chi connectivity index (χ1n) is 10.1. The fourth-order valence-electron chi connectivity index (χ4n) is 3.11. The smallest absolute Gasteiger partial charge is 0.289 e. The molecule has 8 nitrogen and oxygen atoms in total. The number of carbonyl (C=O) groups is 1. The van der Waals surface area contributed by atoms with Gasteiger partial charge in [0.05, 0.1) is 28.4 Å². The van der Waals surface area contributed by atoms with Gasteiger partial charge in [-0.2, -0.15) is 0 Å². The number of amides is 1. The maximum absolute atomic E-state index is 12.8. The summed E-state index contributed by atoms with van der Waals surface area (Å²) < 4.78 is 59.5. The van der Waals surface area contributed by atoms with Gasteiger partial charge in [-0.1, -0.05) is 24.3 Å². The van der Waals surface area contributed by atoms with Gasteiger partial charge in [0.15, 0.2) is 25.4 Å². The summed E-state index contributed by atoms with van der Waals surface area (Å²) in [6.45, 7) is 0.592. The number of hydrogen-bond acceptors (Lipinski definition) is 7. The lowest BCUT2D eigenvalue weighted by molar-refractivity contribution is 0.0755. The number of sulfone groups is 2. The van der Waals surface area contributed by atoms with Crippen LogP contribution in [0.15, 0.2) is 81.1 Å². The maximum atomic E-state index is 12.8. The van der Waals surface area contributed by atoms with Crippen LogP contribution in [0.2, 0.25) is 0 Å². The molecule has 0 saturated heterocycles. The van der Waals surface area contributed by atoms with Crippen molar-refractivity contribution >= 4 is 25.6 Å². The summed E-state index contributed by atoms with van der Waals surface area (Å²) in [5, 5.41) is 0. The molecule has 0 atom stereocenters. The zero-order valence-corrected chi connectivity index (χ0v) is 19.9. The van der Waals surface area contributed by atoms with Crippen LogP contribution in [-0.4, -0.2) is 54.1 Å². The Balaban J connectivity index is 1.57. The molecule has 1 amide bonds. The molecule has 0 fully saturated rings. The van der Waals surface area contributed by atoms with Gasteiger partial charge in [-0.3, -0.25) is 4.79 Å². The van der Waals surface area contributed by atoms with Crippen LogP contribution in [0.1, 0.15) is 22.5 Å². The molecule has 176 valence electrons. The second kappa shape index (κ2) is 10.2. The van der Waals surface area contributed by atoms with Crippen LogP contribution in [0.4, 0.5) is 0 Å². The summed E-state index contributed by atoms with van der Waals surface area (Å²) in [6.07, 6.45) is 2.90. The third kappa shape index (κ3) is 6.45. The molecule has 2 aromatic carbocycles. The molecule has 0 bridgehead atoms. The minimum atomic E-state index is -3.62. The Morgan fingerprint density at radius 2 is 1.67 bits per heavy atom. The molecule has 3 aromatic rings. The molecule has 0 aliphatic heterocycles. The average molecular weight is 492 g/mol. The van der Waals surface area contributed by atoms with Gasteiger partial charge in [-0.25, -0.2) is 16.8 Å². The fourth-order valence-corrected chi connectivity index (χ4v) is 5.15. The summed E-state index contributed by atoms with van der Waals surface area (Å²) in [7, 11) is -5.36. The molecule has 33 heavy (non-hydrogen) atoms. The molecule has 0 radical (unpaired) electrons. The Labute approximate surface area is 193 Å². The summed E-state index contributed by atoms with van der Waals surface area (Å²) in [4.78, 5) is 14.6. The van der Waals surface area contributed by atoms with E-state index in [-0.39, 0.29) is 27.9 Å². The largest absolute Gasteiger partial charge is 0.493 e. The van der Waals surface area contributed by atoms with E-state index in [9.17, 15) is 21.6 Å². The Morgan fingerprint density at radius 3 is 2.36 bits per heavy atom. The van der Waals surface area contributed by atoms with E-state index >= 15 is 0 Å². The van der Waals surface area contributed by atoms with Crippen LogP contribution in [0, 0.1) is 0 Å². The lowest BCUT2D eigenvalue weighted by atomic mass is 10.2. The number of benzene rings is 2. The van der Waals surface area contributed by atoms with Gasteiger partial charge in [0, 0.05) is 25.4 Å². The second-order valence-electron chi connectivity index (χ2n) is 7.52. The normalized spacial score (nSPS) is 11.8. The second-order valence-corrected chi connectivity index (χ2v) is 11.5. The van der Waals surface area contributed by atoms with Crippen LogP contribution in [0.5, 0.6) is 5.75 Å². The van der Waals surface area contributed by atoms with Crippen molar-refractivity contribution in [1.82, 2.24) is 4.90 Å². The molecule has 3 rings (SSSR count). The van der Waals surface area contributed by atoms with Crippen molar-refractivity contribution in [2.75, 3.05) is 26.5 Å². The summed E-state index contributed by atoms with van der Waals surface area (Å²) in [5.41, 5.74) is 0.296. The van der Waals surface area contributed by atoms with Crippen molar-refractivity contribution in [3.63, 3.8) is 0 Å². The standard InChI is InChI=1S/C23H25NO7S2/c1-24(13-7-14-30-19-8-6-11-21(16-19)32(2,26)27)23(25)22-18(12-15-31-22)17-33(28,29)20-9-4-3-5-10-20/h3-6,8-12,15-16H,7,13-14,17H2,1-2H3. The van der Waals surface area contributed by atoms with Crippen LogP contribution in [0.25, 0.3) is 0 Å². The number of furan rings is 1. The number of rotatable bonds is 10. The zero-order chi connectivity index (χ0) is 24.1. The number of nitrogens with zero attached hydrogens (tertiary/aromatic N) is 1.